The zero-order valence-electron chi connectivity index (χ0n) is 10.5. The van der Waals surface area contributed by atoms with Gasteiger partial charge in [0.15, 0.2) is 0 Å². The van der Waals surface area contributed by atoms with E-state index in [0.717, 1.165) is 38.5 Å². The van der Waals surface area contributed by atoms with Crippen LogP contribution < -0.4 is 0 Å². The minimum absolute atomic E-state index is 0.0327. The van der Waals surface area contributed by atoms with E-state index in [9.17, 15) is 0 Å². The van der Waals surface area contributed by atoms with Crippen LogP contribution in [-0.4, -0.2) is 51.6 Å². The molecule has 0 saturated carbocycles. The standard InChI is InChI=1S/C12H19N5/c1-11(9-13)17-7-5-16(6-8-17)10-12-14-3-4-15(12)2/h3-4,11H,5-8,10H2,1-2H3/t11-/m0/s1. The van der Waals surface area contributed by atoms with Gasteiger partial charge in [0.25, 0.3) is 0 Å². The molecule has 5 heteroatoms. The molecule has 2 rings (SSSR count). The number of nitrogens with zero attached hydrogens (tertiary/aromatic N) is 5. The van der Waals surface area contributed by atoms with Crippen LogP contribution in [0.2, 0.25) is 0 Å². The lowest BCUT2D eigenvalue weighted by Crippen LogP contribution is -2.49. The van der Waals surface area contributed by atoms with Crippen LogP contribution in [0.1, 0.15) is 12.7 Å². The third kappa shape index (κ3) is 2.84. The van der Waals surface area contributed by atoms with E-state index in [2.05, 4.69) is 25.4 Å². The van der Waals surface area contributed by atoms with Gasteiger partial charge in [-0.25, -0.2) is 4.98 Å². The van der Waals surface area contributed by atoms with Crippen molar-refractivity contribution in [2.24, 2.45) is 7.05 Å². The third-order valence-corrected chi connectivity index (χ3v) is 3.43. The molecule has 5 nitrogen and oxygen atoms in total. The molecule has 0 amide bonds. The first-order valence-electron chi connectivity index (χ1n) is 6.03. The maximum atomic E-state index is 8.88. The molecule has 1 aromatic rings. The molecule has 1 fully saturated rings. The van der Waals surface area contributed by atoms with Crippen molar-refractivity contribution in [3.05, 3.63) is 18.2 Å². The number of imidazole rings is 1. The summed E-state index contributed by atoms with van der Waals surface area (Å²) in [5, 5.41) is 8.88. The van der Waals surface area contributed by atoms with E-state index in [4.69, 9.17) is 5.26 Å². The monoisotopic (exact) mass is 233 g/mol. The van der Waals surface area contributed by atoms with Crippen molar-refractivity contribution in [3.63, 3.8) is 0 Å². The molecule has 0 aromatic carbocycles. The maximum Gasteiger partial charge on any atom is 0.122 e. The molecule has 0 bridgehead atoms. The highest BCUT2D eigenvalue weighted by Crippen LogP contribution is 2.08. The Balaban J connectivity index is 1.84. The first-order chi connectivity index (χ1) is 8.20. The van der Waals surface area contributed by atoms with Gasteiger partial charge in [-0.05, 0) is 6.92 Å². The van der Waals surface area contributed by atoms with E-state index >= 15 is 0 Å². The fraction of sp³-hybridized carbons (Fsp3) is 0.667. The van der Waals surface area contributed by atoms with Crippen LogP contribution in [0.15, 0.2) is 12.4 Å². The topological polar surface area (TPSA) is 48.1 Å². The van der Waals surface area contributed by atoms with Crippen molar-refractivity contribution < 1.29 is 0 Å². The van der Waals surface area contributed by atoms with E-state index in [1.54, 1.807) is 0 Å². The molecule has 1 atom stereocenters. The molecule has 0 unspecified atom stereocenters. The first-order valence-corrected chi connectivity index (χ1v) is 6.03. The summed E-state index contributed by atoms with van der Waals surface area (Å²) in [5.74, 6) is 1.10. The van der Waals surface area contributed by atoms with Crippen molar-refractivity contribution in [1.29, 1.82) is 5.26 Å². The Morgan fingerprint density at radius 2 is 2.12 bits per heavy atom. The van der Waals surface area contributed by atoms with Gasteiger partial charge in [0.2, 0.25) is 0 Å². The summed E-state index contributed by atoms with van der Waals surface area (Å²) in [6, 6.07) is 2.33. The van der Waals surface area contributed by atoms with Gasteiger partial charge in [0.1, 0.15) is 5.82 Å². The number of piperazine rings is 1. The van der Waals surface area contributed by atoms with E-state index in [1.165, 1.54) is 0 Å². The summed E-state index contributed by atoms with van der Waals surface area (Å²) in [5.41, 5.74) is 0. The average molecular weight is 233 g/mol. The number of aryl methyl sites for hydroxylation is 1. The van der Waals surface area contributed by atoms with Crippen LogP contribution in [-0.2, 0) is 13.6 Å². The Kier molecular flexibility index (Phi) is 3.77. The number of rotatable bonds is 3. The van der Waals surface area contributed by atoms with Crippen molar-refractivity contribution in [3.8, 4) is 6.07 Å². The molecule has 92 valence electrons. The van der Waals surface area contributed by atoms with Crippen LogP contribution in [0.5, 0.6) is 0 Å². The highest BCUT2D eigenvalue weighted by molar-refractivity contribution is 4.94. The highest BCUT2D eigenvalue weighted by atomic mass is 15.3. The van der Waals surface area contributed by atoms with E-state index in [1.807, 2.05) is 26.4 Å². The molecule has 0 spiro atoms. The summed E-state index contributed by atoms with van der Waals surface area (Å²) < 4.78 is 2.06. The predicted molar refractivity (Wildman–Crippen MR) is 65.1 cm³/mol. The lowest BCUT2D eigenvalue weighted by Gasteiger charge is -2.35. The molecule has 1 aliphatic heterocycles. The third-order valence-electron chi connectivity index (χ3n) is 3.43. The normalized spacial score (nSPS) is 20.1. The van der Waals surface area contributed by atoms with Gasteiger partial charge in [-0.1, -0.05) is 0 Å². The van der Waals surface area contributed by atoms with Gasteiger partial charge < -0.3 is 4.57 Å². The van der Waals surface area contributed by atoms with E-state index in [-0.39, 0.29) is 6.04 Å². The molecular weight excluding hydrogens is 214 g/mol. The first kappa shape index (κ1) is 12.1. The van der Waals surface area contributed by atoms with Crippen molar-refractivity contribution in [2.75, 3.05) is 26.2 Å². The molecule has 17 heavy (non-hydrogen) atoms. The Bertz CT molecular complexity index is 397. The van der Waals surface area contributed by atoms with Crippen LogP contribution in [0, 0.1) is 11.3 Å². The number of hydrogen-bond acceptors (Lipinski definition) is 4. The number of nitriles is 1. The Hall–Kier alpha value is -1.38. The zero-order chi connectivity index (χ0) is 12.3. The molecular formula is C12H19N5. The van der Waals surface area contributed by atoms with Crippen LogP contribution >= 0.6 is 0 Å². The smallest absolute Gasteiger partial charge is 0.122 e. The largest absolute Gasteiger partial charge is 0.337 e. The molecule has 1 aromatic heterocycles. The summed E-state index contributed by atoms with van der Waals surface area (Å²) in [4.78, 5) is 8.96. The lowest BCUT2D eigenvalue weighted by atomic mass is 10.2. The molecule has 0 aliphatic carbocycles. The van der Waals surface area contributed by atoms with Crippen molar-refractivity contribution >= 4 is 0 Å². The quantitative estimate of drug-likeness (QED) is 0.760. The lowest BCUT2D eigenvalue weighted by molar-refractivity contribution is 0.112. The molecule has 0 N–H and O–H groups in total. The van der Waals surface area contributed by atoms with Gasteiger partial charge in [-0.15, -0.1) is 0 Å². The van der Waals surface area contributed by atoms with Gasteiger partial charge in [0, 0.05) is 45.6 Å². The zero-order valence-corrected chi connectivity index (χ0v) is 10.5. The van der Waals surface area contributed by atoms with Gasteiger partial charge >= 0.3 is 0 Å². The summed E-state index contributed by atoms with van der Waals surface area (Å²) >= 11 is 0. The second-order valence-corrected chi connectivity index (χ2v) is 4.57. The van der Waals surface area contributed by atoms with Gasteiger partial charge in [-0.3, -0.25) is 9.80 Å². The van der Waals surface area contributed by atoms with E-state index in [0.29, 0.717) is 0 Å². The Labute approximate surface area is 102 Å². The fourth-order valence-corrected chi connectivity index (χ4v) is 2.14. The van der Waals surface area contributed by atoms with Crippen LogP contribution in [0.3, 0.4) is 0 Å². The van der Waals surface area contributed by atoms with Gasteiger partial charge in [0.05, 0.1) is 18.7 Å². The Morgan fingerprint density at radius 1 is 1.41 bits per heavy atom. The van der Waals surface area contributed by atoms with E-state index < -0.39 is 0 Å². The second-order valence-electron chi connectivity index (χ2n) is 4.57. The predicted octanol–water partition coefficient (Wildman–Crippen LogP) is 0.450. The molecule has 1 saturated heterocycles. The van der Waals surface area contributed by atoms with Crippen LogP contribution in [0.25, 0.3) is 0 Å². The van der Waals surface area contributed by atoms with Crippen LogP contribution in [0.4, 0.5) is 0 Å². The maximum absolute atomic E-state index is 8.88. The summed E-state index contributed by atoms with van der Waals surface area (Å²) in [6.07, 6.45) is 3.81. The molecule has 1 aliphatic rings. The SMILES string of the molecule is C[C@@H](C#N)N1CCN(Cc2nccn2C)CC1. The number of aromatic nitrogens is 2. The minimum Gasteiger partial charge on any atom is -0.337 e. The fourth-order valence-electron chi connectivity index (χ4n) is 2.14. The number of hydrogen-bond donors (Lipinski definition) is 0. The Morgan fingerprint density at radius 3 is 2.65 bits per heavy atom. The minimum atomic E-state index is 0.0327. The summed E-state index contributed by atoms with van der Waals surface area (Å²) in [6.45, 7) is 6.84. The molecule has 2 heterocycles. The second kappa shape index (κ2) is 5.30. The van der Waals surface area contributed by atoms with Crippen molar-refractivity contribution in [1.82, 2.24) is 19.4 Å². The highest BCUT2D eigenvalue weighted by Gasteiger charge is 2.21. The van der Waals surface area contributed by atoms with Crippen molar-refractivity contribution in [2.45, 2.75) is 19.5 Å². The molecule has 0 radical (unpaired) electrons. The van der Waals surface area contributed by atoms with Gasteiger partial charge in [-0.2, -0.15) is 5.26 Å². The summed E-state index contributed by atoms with van der Waals surface area (Å²) in [7, 11) is 2.02. The average Bonchev–Trinajstić information content (AvgIpc) is 2.75.